The van der Waals surface area contributed by atoms with Gasteiger partial charge < -0.3 is 9.84 Å². The van der Waals surface area contributed by atoms with Gasteiger partial charge in [0.15, 0.2) is 17.3 Å². The van der Waals surface area contributed by atoms with E-state index in [9.17, 15) is 4.79 Å². The van der Waals surface area contributed by atoms with Crippen LogP contribution in [0.5, 0.6) is 0 Å². The van der Waals surface area contributed by atoms with E-state index in [1.54, 1.807) is 60.5 Å². The molecule has 26 heavy (non-hydrogen) atoms. The molecule has 0 spiro atoms. The van der Waals surface area contributed by atoms with Crippen LogP contribution in [0.4, 0.5) is 5.69 Å². The lowest BCUT2D eigenvalue weighted by Crippen LogP contribution is -2.15. The highest BCUT2D eigenvalue weighted by Gasteiger charge is 2.15. The van der Waals surface area contributed by atoms with Gasteiger partial charge in [-0.25, -0.2) is 4.98 Å². The molecule has 4 aromatic rings. The molecular weight excluding hydrogens is 334 g/mol. The Morgan fingerprint density at radius 1 is 1.15 bits per heavy atom. The Morgan fingerprint density at radius 2 is 2.04 bits per heavy atom. The lowest BCUT2D eigenvalue weighted by molar-refractivity contribution is 0.102. The highest BCUT2D eigenvalue weighted by atomic mass is 16.5. The number of para-hydroxylation sites is 1. The van der Waals surface area contributed by atoms with Crippen LogP contribution >= 0.6 is 0 Å². The van der Waals surface area contributed by atoms with E-state index >= 15 is 0 Å². The number of imidazole rings is 1. The fraction of sp³-hybridized carbons (Fsp3) is 0.0588. The van der Waals surface area contributed by atoms with Crippen molar-refractivity contribution in [2.75, 3.05) is 5.32 Å². The molecule has 9 heteroatoms. The minimum absolute atomic E-state index is 0.186. The number of anilines is 1. The average molecular weight is 347 g/mol. The topological polar surface area (TPSA) is 112 Å². The number of carbonyl (C=O) groups is 1. The standard InChI is InChI=1S/C17H13N7O2/c1-11-19-17(26-23-11)12-4-2-3-5-13(12)20-16(25)14-6-7-15(22-21-14)24-9-8-18-10-24/h2-10H,1H3,(H,20,25). The number of nitrogens with zero attached hydrogens (tertiary/aromatic N) is 6. The van der Waals surface area contributed by atoms with Crippen molar-refractivity contribution in [2.45, 2.75) is 6.92 Å². The molecule has 0 aliphatic rings. The number of nitrogens with one attached hydrogen (secondary N) is 1. The number of aromatic nitrogens is 6. The Kier molecular flexibility index (Phi) is 3.94. The van der Waals surface area contributed by atoms with Gasteiger partial charge in [0.05, 0.1) is 11.3 Å². The van der Waals surface area contributed by atoms with E-state index in [4.69, 9.17) is 4.52 Å². The highest BCUT2D eigenvalue weighted by molar-refractivity contribution is 6.04. The van der Waals surface area contributed by atoms with Gasteiger partial charge in [0.1, 0.15) is 6.33 Å². The second-order valence-corrected chi connectivity index (χ2v) is 5.39. The normalized spacial score (nSPS) is 10.7. The monoisotopic (exact) mass is 347 g/mol. The summed E-state index contributed by atoms with van der Waals surface area (Å²) in [5, 5.41) is 14.6. The van der Waals surface area contributed by atoms with Crippen LogP contribution in [0.2, 0.25) is 0 Å². The van der Waals surface area contributed by atoms with Gasteiger partial charge in [0.25, 0.3) is 11.8 Å². The maximum Gasteiger partial charge on any atom is 0.276 e. The highest BCUT2D eigenvalue weighted by Crippen LogP contribution is 2.26. The van der Waals surface area contributed by atoms with Crippen LogP contribution in [-0.2, 0) is 0 Å². The molecule has 0 aliphatic carbocycles. The zero-order valence-electron chi connectivity index (χ0n) is 13.7. The van der Waals surface area contributed by atoms with Gasteiger partial charge in [-0.05, 0) is 31.2 Å². The predicted octanol–water partition coefficient (Wildman–Crippen LogP) is 2.27. The fourth-order valence-electron chi connectivity index (χ4n) is 2.35. The van der Waals surface area contributed by atoms with E-state index in [-0.39, 0.29) is 5.69 Å². The zero-order valence-corrected chi connectivity index (χ0v) is 13.7. The second-order valence-electron chi connectivity index (χ2n) is 5.39. The minimum Gasteiger partial charge on any atom is -0.334 e. The molecule has 0 atom stereocenters. The van der Waals surface area contributed by atoms with Crippen molar-refractivity contribution >= 4 is 11.6 Å². The summed E-state index contributed by atoms with van der Waals surface area (Å²) in [7, 11) is 0. The molecule has 0 saturated heterocycles. The summed E-state index contributed by atoms with van der Waals surface area (Å²) in [6.07, 6.45) is 4.98. The molecule has 1 amide bonds. The summed E-state index contributed by atoms with van der Waals surface area (Å²) < 4.78 is 6.88. The first-order chi connectivity index (χ1) is 12.7. The third kappa shape index (κ3) is 3.05. The first kappa shape index (κ1) is 15.6. The molecule has 4 rings (SSSR count). The van der Waals surface area contributed by atoms with Crippen molar-refractivity contribution < 1.29 is 9.32 Å². The van der Waals surface area contributed by atoms with Crippen LogP contribution in [0.15, 0.2) is 59.6 Å². The summed E-state index contributed by atoms with van der Waals surface area (Å²) in [6.45, 7) is 1.73. The molecule has 1 aromatic carbocycles. The van der Waals surface area contributed by atoms with Crippen LogP contribution in [0.25, 0.3) is 17.3 Å². The Morgan fingerprint density at radius 3 is 2.73 bits per heavy atom. The third-order valence-corrected chi connectivity index (χ3v) is 3.59. The van der Waals surface area contributed by atoms with Crippen LogP contribution in [-0.4, -0.2) is 35.8 Å². The molecule has 0 unspecified atom stereocenters. The first-order valence-electron chi connectivity index (χ1n) is 7.74. The zero-order chi connectivity index (χ0) is 17.9. The van der Waals surface area contributed by atoms with E-state index in [1.165, 1.54) is 0 Å². The van der Waals surface area contributed by atoms with Crippen LogP contribution in [0, 0.1) is 6.92 Å². The van der Waals surface area contributed by atoms with Gasteiger partial charge in [-0.1, -0.05) is 17.3 Å². The van der Waals surface area contributed by atoms with Crippen molar-refractivity contribution in [1.82, 2.24) is 29.9 Å². The van der Waals surface area contributed by atoms with Crippen LogP contribution < -0.4 is 5.32 Å². The smallest absolute Gasteiger partial charge is 0.276 e. The Balaban J connectivity index is 1.57. The number of hydrogen-bond donors (Lipinski definition) is 1. The maximum absolute atomic E-state index is 12.5. The van der Waals surface area contributed by atoms with Gasteiger partial charge >= 0.3 is 0 Å². The quantitative estimate of drug-likeness (QED) is 0.602. The number of benzene rings is 1. The van der Waals surface area contributed by atoms with E-state index in [0.717, 1.165) is 0 Å². The fourth-order valence-corrected chi connectivity index (χ4v) is 2.35. The van der Waals surface area contributed by atoms with Crippen molar-refractivity contribution in [2.24, 2.45) is 0 Å². The van der Waals surface area contributed by atoms with Crippen molar-refractivity contribution in [3.63, 3.8) is 0 Å². The third-order valence-electron chi connectivity index (χ3n) is 3.59. The molecule has 3 heterocycles. The van der Waals surface area contributed by atoms with Crippen molar-refractivity contribution in [3.05, 3.63) is 66.6 Å². The predicted molar refractivity (Wildman–Crippen MR) is 91.6 cm³/mol. The van der Waals surface area contributed by atoms with Gasteiger partial charge in [0, 0.05) is 12.4 Å². The first-order valence-corrected chi connectivity index (χ1v) is 7.74. The minimum atomic E-state index is -0.390. The summed E-state index contributed by atoms with van der Waals surface area (Å²) in [5.41, 5.74) is 1.36. The average Bonchev–Trinajstić information content (AvgIpc) is 3.34. The maximum atomic E-state index is 12.5. The summed E-state index contributed by atoms with van der Waals surface area (Å²) >= 11 is 0. The summed E-state index contributed by atoms with van der Waals surface area (Å²) in [4.78, 5) is 20.6. The van der Waals surface area contributed by atoms with Gasteiger partial charge in [0.2, 0.25) is 0 Å². The molecule has 9 nitrogen and oxygen atoms in total. The molecular formula is C17H13N7O2. The van der Waals surface area contributed by atoms with E-state index in [1.807, 2.05) is 6.07 Å². The molecule has 1 N–H and O–H groups in total. The summed E-state index contributed by atoms with van der Waals surface area (Å²) in [5.74, 6) is 1.03. The molecule has 0 aliphatic heterocycles. The Hall–Kier alpha value is -3.88. The van der Waals surface area contributed by atoms with Crippen molar-refractivity contribution in [3.8, 4) is 17.3 Å². The number of aryl methyl sites for hydroxylation is 1. The van der Waals surface area contributed by atoms with E-state index < -0.39 is 5.91 Å². The molecule has 3 aromatic heterocycles. The van der Waals surface area contributed by atoms with E-state index in [0.29, 0.717) is 28.8 Å². The lowest BCUT2D eigenvalue weighted by Gasteiger charge is -2.08. The molecule has 0 bridgehead atoms. The molecule has 0 saturated carbocycles. The van der Waals surface area contributed by atoms with Crippen LogP contribution in [0.3, 0.4) is 0 Å². The lowest BCUT2D eigenvalue weighted by atomic mass is 10.1. The van der Waals surface area contributed by atoms with Crippen LogP contribution in [0.1, 0.15) is 16.3 Å². The second kappa shape index (κ2) is 6.55. The largest absolute Gasteiger partial charge is 0.334 e. The molecule has 0 radical (unpaired) electrons. The Bertz CT molecular complexity index is 1040. The Labute approximate surface area is 147 Å². The molecule has 128 valence electrons. The van der Waals surface area contributed by atoms with Crippen molar-refractivity contribution in [1.29, 1.82) is 0 Å². The number of rotatable bonds is 4. The number of carbonyl (C=O) groups excluding carboxylic acids is 1. The molecule has 0 fully saturated rings. The SMILES string of the molecule is Cc1noc(-c2ccccc2NC(=O)c2ccc(-n3ccnc3)nn2)n1. The van der Waals surface area contributed by atoms with Gasteiger partial charge in [-0.3, -0.25) is 9.36 Å². The summed E-state index contributed by atoms with van der Waals surface area (Å²) in [6, 6.07) is 10.4. The van der Waals surface area contributed by atoms with E-state index in [2.05, 4.69) is 30.6 Å². The number of amides is 1. The van der Waals surface area contributed by atoms with Gasteiger partial charge in [-0.15, -0.1) is 10.2 Å². The number of hydrogen-bond acceptors (Lipinski definition) is 7. The van der Waals surface area contributed by atoms with Gasteiger partial charge in [-0.2, -0.15) is 4.98 Å².